The number of carbonyl (C=O) groups excluding carboxylic acids is 1. The number of para-hydroxylation sites is 1. The molecule has 3 N–H and O–H groups in total. The third-order valence-electron chi connectivity index (χ3n) is 2.71. The average Bonchev–Trinajstić information content (AvgIpc) is 2.44. The van der Waals surface area contributed by atoms with Crippen molar-refractivity contribution in [2.45, 2.75) is 6.04 Å². The van der Waals surface area contributed by atoms with Gasteiger partial charge in [-0.3, -0.25) is 9.78 Å². The summed E-state index contributed by atoms with van der Waals surface area (Å²) in [5, 5.41) is 20.1. The topological polar surface area (TPSA) is 99.5 Å². The van der Waals surface area contributed by atoms with E-state index in [1.165, 1.54) is 18.2 Å². The first-order chi connectivity index (χ1) is 9.52. The highest BCUT2D eigenvalue weighted by Crippen LogP contribution is 2.16. The lowest BCUT2D eigenvalue weighted by molar-refractivity contribution is -0.140. The number of aromatic nitrogens is 1. The number of aliphatic hydroxyl groups is 1. The maximum atomic E-state index is 13.4. The summed E-state index contributed by atoms with van der Waals surface area (Å²) in [6, 6.07) is 4.32. The van der Waals surface area contributed by atoms with E-state index in [0.717, 1.165) is 6.20 Å². The van der Waals surface area contributed by atoms with E-state index >= 15 is 0 Å². The first-order valence-electron chi connectivity index (χ1n) is 5.71. The number of fused-ring (bicyclic) bond motifs is 1. The van der Waals surface area contributed by atoms with Crippen LogP contribution in [0.5, 0.6) is 0 Å². The first-order valence-corrected chi connectivity index (χ1v) is 5.71. The van der Waals surface area contributed by atoms with E-state index in [-0.39, 0.29) is 11.1 Å². The minimum atomic E-state index is -1.40. The number of aliphatic carboxylic acids is 1. The Bertz CT molecular complexity index is 674. The Morgan fingerprint density at radius 2 is 2.15 bits per heavy atom. The monoisotopic (exact) mass is 278 g/mol. The van der Waals surface area contributed by atoms with Crippen molar-refractivity contribution in [2.75, 3.05) is 6.61 Å². The van der Waals surface area contributed by atoms with Crippen molar-refractivity contribution < 1.29 is 24.2 Å². The number of hydrogen-bond acceptors (Lipinski definition) is 4. The van der Waals surface area contributed by atoms with Crippen LogP contribution in [0.4, 0.5) is 4.39 Å². The number of pyridine rings is 1. The number of nitrogens with one attached hydrogen (secondary N) is 1. The average molecular weight is 278 g/mol. The number of hydrogen-bond donors (Lipinski definition) is 3. The molecule has 1 aromatic heterocycles. The van der Waals surface area contributed by atoms with Crippen molar-refractivity contribution in [3.05, 3.63) is 41.8 Å². The number of nitrogens with zero attached hydrogens (tertiary/aromatic N) is 1. The van der Waals surface area contributed by atoms with Crippen LogP contribution in [0.15, 0.2) is 30.5 Å². The third-order valence-corrected chi connectivity index (χ3v) is 2.71. The second-order valence-corrected chi connectivity index (χ2v) is 4.08. The molecule has 0 aliphatic heterocycles. The molecule has 1 unspecified atom stereocenters. The van der Waals surface area contributed by atoms with Crippen LogP contribution >= 0.6 is 0 Å². The van der Waals surface area contributed by atoms with Gasteiger partial charge in [0.2, 0.25) is 0 Å². The van der Waals surface area contributed by atoms with Gasteiger partial charge in [0.05, 0.1) is 12.2 Å². The SMILES string of the molecule is O=C(NC(CO)C(=O)O)c1cnc2c(F)cccc2c1. The van der Waals surface area contributed by atoms with Crippen LogP contribution < -0.4 is 5.32 Å². The maximum absolute atomic E-state index is 13.4. The zero-order valence-corrected chi connectivity index (χ0v) is 10.2. The molecular formula is C13H11FN2O4. The van der Waals surface area contributed by atoms with Gasteiger partial charge >= 0.3 is 5.97 Å². The molecule has 0 radical (unpaired) electrons. The molecule has 104 valence electrons. The minimum absolute atomic E-state index is 0.0859. The van der Waals surface area contributed by atoms with E-state index in [1.807, 2.05) is 0 Å². The molecule has 0 fully saturated rings. The second kappa shape index (κ2) is 5.62. The van der Waals surface area contributed by atoms with Crippen LogP contribution in [0, 0.1) is 5.82 Å². The number of benzene rings is 1. The highest BCUT2D eigenvalue weighted by Gasteiger charge is 2.20. The number of halogens is 1. The van der Waals surface area contributed by atoms with Crippen LogP contribution in [-0.4, -0.2) is 39.7 Å². The normalized spacial score (nSPS) is 12.1. The Morgan fingerprint density at radius 1 is 1.40 bits per heavy atom. The Morgan fingerprint density at radius 3 is 2.80 bits per heavy atom. The van der Waals surface area contributed by atoms with Crippen molar-refractivity contribution in [3.63, 3.8) is 0 Å². The number of carbonyl (C=O) groups is 2. The van der Waals surface area contributed by atoms with Gasteiger partial charge in [0.1, 0.15) is 11.3 Å². The molecule has 2 aromatic rings. The van der Waals surface area contributed by atoms with Gasteiger partial charge in [0.25, 0.3) is 5.91 Å². The van der Waals surface area contributed by atoms with Crippen LogP contribution in [0.25, 0.3) is 10.9 Å². The van der Waals surface area contributed by atoms with Crippen molar-refractivity contribution in [3.8, 4) is 0 Å². The predicted octanol–water partition coefficient (Wildman–Crippen LogP) is 0.549. The molecule has 0 saturated carbocycles. The van der Waals surface area contributed by atoms with Gasteiger partial charge in [0, 0.05) is 11.6 Å². The van der Waals surface area contributed by atoms with E-state index in [4.69, 9.17) is 10.2 Å². The van der Waals surface area contributed by atoms with Crippen LogP contribution in [0.1, 0.15) is 10.4 Å². The fourth-order valence-corrected chi connectivity index (χ4v) is 1.67. The summed E-state index contributed by atoms with van der Waals surface area (Å²) in [6.45, 7) is -0.725. The fraction of sp³-hybridized carbons (Fsp3) is 0.154. The number of carboxylic acids is 1. The zero-order chi connectivity index (χ0) is 14.7. The molecule has 0 aliphatic rings. The number of aliphatic hydroxyl groups excluding tert-OH is 1. The minimum Gasteiger partial charge on any atom is -0.480 e. The molecule has 2 rings (SSSR count). The Kier molecular flexibility index (Phi) is 3.90. The third kappa shape index (κ3) is 2.72. The van der Waals surface area contributed by atoms with Gasteiger partial charge < -0.3 is 15.5 Å². The van der Waals surface area contributed by atoms with Gasteiger partial charge in [-0.1, -0.05) is 12.1 Å². The van der Waals surface area contributed by atoms with E-state index in [9.17, 15) is 14.0 Å². The van der Waals surface area contributed by atoms with Gasteiger partial charge in [-0.15, -0.1) is 0 Å². The maximum Gasteiger partial charge on any atom is 0.328 e. The zero-order valence-electron chi connectivity index (χ0n) is 10.2. The summed E-state index contributed by atoms with van der Waals surface area (Å²) < 4.78 is 13.4. The summed E-state index contributed by atoms with van der Waals surface area (Å²) in [7, 11) is 0. The molecule has 0 saturated heterocycles. The summed E-state index contributed by atoms with van der Waals surface area (Å²) >= 11 is 0. The molecule has 6 nitrogen and oxygen atoms in total. The molecule has 0 bridgehead atoms. The highest BCUT2D eigenvalue weighted by molar-refractivity contribution is 5.99. The van der Waals surface area contributed by atoms with Gasteiger partial charge in [-0.25, -0.2) is 9.18 Å². The molecule has 0 spiro atoms. The fourth-order valence-electron chi connectivity index (χ4n) is 1.67. The van der Waals surface area contributed by atoms with Crippen LogP contribution in [0.3, 0.4) is 0 Å². The van der Waals surface area contributed by atoms with E-state index < -0.39 is 30.3 Å². The van der Waals surface area contributed by atoms with Gasteiger partial charge in [-0.05, 0) is 12.1 Å². The largest absolute Gasteiger partial charge is 0.480 e. The lowest BCUT2D eigenvalue weighted by Gasteiger charge is -2.11. The quantitative estimate of drug-likeness (QED) is 0.758. The Balaban J connectivity index is 2.29. The summed E-state index contributed by atoms with van der Waals surface area (Å²) in [5.41, 5.74) is 0.212. The smallest absolute Gasteiger partial charge is 0.328 e. The highest BCUT2D eigenvalue weighted by atomic mass is 19.1. The molecule has 1 aromatic carbocycles. The number of amides is 1. The van der Waals surface area contributed by atoms with Gasteiger partial charge in [-0.2, -0.15) is 0 Å². The van der Waals surface area contributed by atoms with Crippen molar-refractivity contribution >= 4 is 22.8 Å². The van der Waals surface area contributed by atoms with Crippen LogP contribution in [-0.2, 0) is 4.79 Å². The Labute approximate surface area is 112 Å². The van der Waals surface area contributed by atoms with Crippen LogP contribution in [0.2, 0.25) is 0 Å². The first kappa shape index (κ1) is 13.9. The van der Waals surface area contributed by atoms with E-state index in [0.29, 0.717) is 5.39 Å². The van der Waals surface area contributed by atoms with Crippen molar-refractivity contribution in [1.82, 2.24) is 10.3 Å². The molecule has 7 heteroatoms. The molecule has 1 atom stereocenters. The number of rotatable bonds is 4. The number of carboxylic acid groups (broad SMARTS) is 1. The molecule has 1 heterocycles. The predicted molar refractivity (Wildman–Crippen MR) is 67.7 cm³/mol. The summed E-state index contributed by atoms with van der Waals surface area (Å²) in [6.07, 6.45) is 1.15. The standard InChI is InChI=1S/C13H11FN2O4/c14-9-3-1-2-7-4-8(5-15-11(7)9)12(18)16-10(6-17)13(19)20/h1-5,10,17H,6H2,(H,16,18)(H,19,20). The van der Waals surface area contributed by atoms with Crippen molar-refractivity contribution in [1.29, 1.82) is 0 Å². The van der Waals surface area contributed by atoms with Crippen molar-refractivity contribution in [2.24, 2.45) is 0 Å². The van der Waals surface area contributed by atoms with E-state index in [2.05, 4.69) is 10.3 Å². The lowest BCUT2D eigenvalue weighted by atomic mass is 10.1. The molecule has 20 heavy (non-hydrogen) atoms. The van der Waals surface area contributed by atoms with Gasteiger partial charge in [0.15, 0.2) is 6.04 Å². The lowest BCUT2D eigenvalue weighted by Crippen LogP contribution is -2.43. The summed E-state index contributed by atoms with van der Waals surface area (Å²) in [4.78, 5) is 26.4. The molecule has 1 amide bonds. The summed E-state index contributed by atoms with van der Waals surface area (Å²) in [5.74, 6) is -2.56. The van der Waals surface area contributed by atoms with E-state index in [1.54, 1.807) is 6.07 Å². The second-order valence-electron chi connectivity index (χ2n) is 4.08. The molecule has 0 aliphatic carbocycles. The Hall–Kier alpha value is -2.54. The molecular weight excluding hydrogens is 267 g/mol.